The fraction of sp³-hybridized carbons (Fsp3) is 0.400. The minimum atomic E-state index is 0.802. The fourth-order valence-electron chi connectivity index (χ4n) is 1.69. The van der Waals surface area contributed by atoms with E-state index in [9.17, 15) is 0 Å². The van der Waals surface area contributed by atoms with Gasteiger partial charge in [0.25, 0.3) is 0 Å². The summed E-state index contributed by atoms with van der Waals surface area (Å²) in [6.07, 6.45) is 0. The van der Waals surface area contributed by atoms with E-state index in [1.807, 2.05) is 12.1 Å². The van der Waals surface area contributed by atoms with Crippen molar-refractivity contribution in [1.82, 2.24) is 5.32 Å². The van der Waals surface area contributed by atoms with E-state index in [1.165, 1.54) is 5.69 Å². The van der Waals surface area contributed by atoms with Crippen LogP contribution in [0.2, 0.25) is 0 Å². The van der Waals surface area contributed by atoms with Gasteiger partial charge in [-0.2, -0.15) is 0 Å². The van der Waals surface area contributed by atoms with Gasteiger partial charge in [0.2, 0.25) is 0 Å². The van der Waals surface area contributed by atoms with Gasteiger partial charge in [-0.15, -0.1) is 0 Å². The van der Waals surface area contributed by atoms with Gasteiger partial charge in [-0.05, 0) is 34.1 Å². The molecule has 4 heteroatoms. The smallest absolute Gasteiger partial charge is 0.0513 e. The number of hydrogen-bond donors (Lipinski definition) is 2. The van der Waals surface area contributed by atoms with Gasteiger partial charge in [-0.3, -0.25) is 0 Å². The van der Waals surface area contributed by atoms with E-state index in [4.69, 9.17) is 5.73 Å². The predicted octanol–water partition coefficient (Wildman–Crippen LogP) is 1.44. The van der Waals surface area contributed by atoms with Crippen LogP contribution in [0.5, 0.6) is 0 Å². The highest BCUT2D eigenvalue weighted by molar-refractivity contribution is 9.10. The van der Waals surface area contributed by atoms with E-state index in [2.05, 4.69) is 32.2 Å². The van der Waals surface area contributed by atoms with Crippen LogP contribution in [-0.2, 0) is 0 Å². The lowest BCUT2D eigenvalue weighted by Crippen LogP contribution is -2.43. The first-order chi connectivity index (χ1) is 6.77. The summed E-state index contributed by atoms with van der Waals surface area (Å²) >= 11 is 3.54. The molecule has 0 amide bonds. The molecule has 0 aromatic heterocycles. The Bertz CT molecular complexity index is 321. The number of hydrogen-bond acceptors (Lipinski definition) is 3. The number of benzene rings is 1. The van der Waals surface area contributed by atoms with Crippen LogP contribution in [0.15, 0.2) is 22.7 Å². The molecule has 0 aliphatic carbocycles. The molecule has 3 N–H and O–H groups in total. The van der Waals surface area contributed by atoms with E-state index >= 15 is 0 Å². The van der Waals surface area contributed by atoms with E-state index in [0.717, 1.165) is 36.3 Å². The molecule has 76 valence electrons. The molecule has 0 spiro atoms. The molecule has 0 radical (unpaired) electrons. The van der Waals surface area contributed by atoms with Crippen LogP contribution in [0.3, 0.4) is 0 Å². The van der Waals surface area contributed by atoms with Crippen LogP contribution in [0.25, 0.3) is 0 Å². The maximum absolute atomic E-state index is 5.70. The Balaban J connectivity index is 2.22. The summed E-state index contributed by atoms with van der Waals surface area (Å²) in [5, 5.41) is 3.33. The van der Waals surface area contributed by atoms with Gasteiger partial charge in [0.15, 0.2) is 0 Å². The highest BCUT2D eigenvalue weighted by atomic mass is 79.9. The summed E-state index contributed by atoms with van der Waals surface area (Å²) in [4.78, 5) is 2.36. The third kappa shape index (κ3) is 2.01. The molecule has 1 fully saturated rings. The first-order valence-electron chi connectivity index (χ1n) is 4.78. The van der Waals surface area contributed by atoms with Crippen LogP contribution in [-0.4, -0.2) is 26.2 Å². The van der Waals surface area contributed by atoms with Gasteiger partial charge >= 0.3 is 0 Å². The summed E-state index contributed by atoms with van der Waals surface area (Å²) in [5.74, 6) is 0. The number of halogens is 1. The number of anilines is 2. The summed E-state index contributed by atoms with van der Waals surface area (Å²) in [5.41, 5.74) is 7.73. The Kier molecular flexibility index (Phi) is 2.93. The molecule has 0 atom stereocenters. The lowest BCUT2D eigenvalue weighted by Gasteiger charge is -2.30. The van der Waals surface area contributed by atoms with Gasteiger partial charge in [0.1, 0.15) is 0 Å². The number of piperazine rings is 1. The van der Waals surface area contributed by atoms with E-state index in [0.29, 0.717) is 0 Å². The normalized spacial score (nSPS) is 17.1. The largest absolute Gasteiger partial charge is 0.399 e. The maximum atomic E-state index is 5.70. The topological polar surface area (TPSA) is 41.3 Å². The Morgan fingerprint density at radius 1 is 1.29 bits per heavy atom. The van der Waals surface area contributed by atoms with Crippen molar-refractivity contribution in [3.63, 3.8) is 0 Å². The maximum Gasteiger partial charge on any atom is 0.0513 e. The van der Waals surface area contributed by atoms with Crippen molar-refractivity contribution in [2.24, 2.45) is 0 Å². The van der Waals surface area contributed by atoms with Crippen LogP contribution in [0.1, 0.15) is 0 Å². The van der Waals surface area contributed by atoms with Crippen molar-refractivity contribution in [2.75, 3.05) is 36.8 Å². The second-order valence-corrected chi connectivity index (χ2v) is 4.30. The van der Waals surface area contributed by atoms with Crippen molar-refractivity contribution in [2.45, 2.75) is 0 Å². The zero-order valence-electron chi connectivity index (χ0n) is 7.96. The molecule has 0 saturated carbocycles. The Morgan fingerprint density at radius 2 is 2.00 bits per heavy atom. The molecular weight excluding hydrogens is 242 g/mol. The molecule has 14 heavy (non-hydrogen) atoms. The highest BCUT2D eigenvalue weighted by Gasteiger charge is 2.12. The molecular formula is C10H14BrN3. The van der Waals surface area contributed by atoms with Crippen LogP contribution in [0.4, 0.5) is 11.4 Å². The van der Waals surface area contributed by atoms with Crippen LogP contribution < -0.4 is 16.0 Å². The van der Waals surface area contributed by atoms with Crippen LogP contribution >= 0.6 is 15.9 Å². The summed E-state index contributed by atoms with van der Waals surface area (Å²) in [7, 11) is 0. The quantitative estimate of drug-likeness (QED) is 0.747. The van der Waals surface area contributed by atoms with E-state index < -0.39 is 0 Å². The molecule has 1 aliphatic heterocycles. The molecule has 3 nitrogen and oxygen atoms in total. The molecule has 1 heterocycles. The SMILES string of the molecule is Nc1ccc(N2CCNCC2)c(Br)c1. The number of rotatable bonds is 1. The third-order valence-electron chi connectivity index (χ3n) is 2.43. The number of nitrogens with one attached hydrogen (secondary N) is 1. The predicted molar refractivity (Wildman–Crippen MR) is 63.6 cm³/mol. The first-order valence-corrected chi connectivity index (χ1v) is 5.57. The first kappa shape index (κ1) is 9.80. The van der Waals surface area contributed by atoms with Crippen molar-refractivity contribution >= 4 is 27.3 Å². The zero-order chi connectivity index (χ0) is 9.97. The number of nitrogen functional groups attached to an aromatic ring is 1. The van der Waals surface area contributed by atoms with Gasteiger partial charge in [-0.1, -0.05) is 0 Å². The average molecular weight is 256 g/mol. The zero-order valence-corrected chi connectivity index (χ0v) is 9.55. The third-order valence-corrected chi connectivity index (χ3v) is 3.06. The Morgan fingerprint density at radius 3 is 2.64 bits per heavy atom. The standard InChI is InChI=1S/C10H14BrN3/c11-9-7-8(12)1-2-10(9)14-5-3-13-4-6-14/h1-2,7,13H,3-6,12H2. The fourth-order valence-corrected chi connectivity index (χ4v) is 2.33. The Labute approximate surface area is 92.4 Å². The van der Waals surface area contributed by atoms with Gasteiger partial charge in [-0.25, -0.2) is 0 Å². The van der Waals surface area contributed by atoms with Crippen LogP contribution in [0, 0.1) is 0 Å². The molecule has 1 saturated heterocycles. The second kappa shape index (κ2) is 4.19. The van der Waals surface area contributed by atoms with E-state index in [1.54, 1.807) is 0 Å². The lowest BCUT2D eigenvalue weighted by molar-refractivity contribution is 0.588. The minimum absolute atomic E-state index is 0.802. The van der Waals surface area contributed by atoms with Gasteiger partial charge in [0, 0.05) is 36.3 Å². The van der Waals surface area contributed by atoms with Gasteiger partial charge < -0.3 is 16.0 Å². The monoisotopic (exact) mass is 255 g/mol. The molecule has 1 aliphatic rings. The summed E-state index contributed by atoms with van der Waals surface area (Å²) < 4.78 is 1.08. The van der Waals surface area contributed by atoms with Crippen molar-refractivity contribution in [3.05, 3.63) is 22.7 Å². The molecule has 1 aromatic carbocycles. The molecule has 1 aromatic rings. The Hall–Kier alpha value is -0.740. The molecule has 0 bridgehead atoms. The van der Waals surface area contributed by atoms with Crippen molar-refractivity contribution < 1.29 is 0 Å². The summed E-state index contributed by atoms with van der Waals surface area (Å²) in [6.45, 7) is 4.22. The van der Waals surface area contributed by atoms with Crippen molar-refractivity contribution in [1.29, 1.82) is 0 Å². The highest BCUT2D eigenvalue weighted by Crippen LogP contribution is 2.28. The summed E-state index contributed by atoms with van der Waals surface area (Å²) in [6, 6.07) is 5.98. The average Bonchev–Trinajstić information content (AvgIpc) is 2.19. The minimum Gasteiger partial charge on any atom is -0.399 e. The molecule has 2 rings (SSSR count). The van der Waals surface area contributed by atoms with Crippen molar-refractivity contribution in [3.8, 4) is 0 Å². The number of nitrogens with two attached hydrogens (primary N) is 1. The second-order valence-electron chi connectivity index (χ2n) is 3.45. The van der Waals surface area contributed by atoms with E-state index in [-0.39, 0.29) is 0 Å². The lowest BCUT2D eigenvalue weighted by atomic mass is 10.2. The molecule has 0 unspecified atom stereocenters. The van der Waals surface area contributed by atoms with Gasteiger partial charge in [0.05, 0.1) is 5.69 Å². The number of nitrogens with zero attached hydrogens (tertiary/aromatic N) is 1.